The van der Waals surface area contributed by atoms with Gasteiger partial charge in [-0.1, -0.05) is 48.5 Å². The molecule has 1 aliphatic heterocycles. The topological polar surface area (TPSA) is 45.3 Å². The second kappa shape index (κ2) is 7.63. The van der Waals surface area contributed by atoms with E-state index in [4.69, 9.17) is 4.74 Å². The highest BCUT2D eigenvalue weighted by molar-refractivity contribution is 5.85. The Morgan fingerprint density at radius 3 is 2.59 bits per heavy atom. The van der Waals surface area contributed by atoms with E-state index in [1.165, 1.54) is 21.9 Å². The van der Waals surface area contributed by atoms with Gasteiger partial charge in [-0.3, -0.25) is 4.79 Å². The summed E-state index contributed by atoms with van der Waals surface area (Å²) in [4.78, 5) is 17.9. The van der Waals surface area contributed by atoms with Crippen molar-refractivity contribution < 1.29 is 9.53 Å². The average molecular weight is 384 g/mol. The lowest BCUT2D eigenvalue weighted by atomic mass is 9.89. The summed E-state index contributed by atoms with van der Waals surface area (Å²) in [5, 5.41) is 3.60. The quantitative estimate of drug-likeness (QED) is 0.532. The largest absolute Gasteiger partial charge is 0.484 e. The normalized spacial score (nSPS) is 15.1. The van der Waals surface area contributed by atoms with Crippen LogP contribution in [0.5, 0.6) is 5.75 Å². The molecule has 0 spiro atoms. The van der Waals surface area contributed by atoms with Crippen molar-refractivity contribution in [2.75, 3.05) is 19.7 Å². The number of piperidine rings is 1. The maximum absolute atomic E-state index is 12.6. The number of rotatable bonds is 4. The molecule has 3 aromatic carbocycles. The van der Waals surface area contributed by atoms with Crippen LogP contribution in [0.4, 0.5) is 0 Å². The number of nitrogens with zero attached hydrogens (tertiary/aromatic N) is 1. The van der Waals surface area contributed by atoms with Crippen LogP contribution in [0.2, 0.25) is 0 Å². The molecule has 0 radical (unpaired) electrons. The number of para-hydroxylation sites is 1. The number of ether oxygens (including phenoxy) is 1. The fourth-order valence-electron chi connectivity index (χ4n) is 4.37. The summed E-state index contributed by atoms with van der Waals surface area (Å²) in [5.74, 6) is 1.30. The number of benzene rings is 3. The van der Waals surface area contributed by atoms with Crippen LogP contribution in [0.25, 0.3) is 21.7 Å². The Bertz CT molecular complexity index is 1160. The van der Waals surface area contributed by atoms with Crippen molar-refractivity contribution in [1.29, 1.82) is 0 Å². The smallest absolute Gasteiger partial charge is 0.260 e. The van der Waals surface area contributed by atoms with Gasteiger partial charge in [0.1, 0.15) is 5.75 Å². The van der Waals surface area contributed by atoms with Crippen molar-refractivity contribution in [2.24, 2.45) is 0 Å². The number of hydrogen-bond acceptors (Lipinski definition) is 2. The number of H-pyrrole nitrogens is 1. The van der Waals surface area contributed by atoms with Gasteiger partial charge in [0.05, 0.1) is 0 Å². The van der Waals surface area contributed by atoms with Gasteiger partial charge in [0.15, 0.2) is 6.61 Å². The zero-order chi connectivity index (χ0) is 19.6. The fourth-order valence-corrected chi connectivity index (χ4v) is 4.37. The Hall–Kier alpha value is -3.27. The first kappa shape index (κ1) is 17.8. The molecule has 0 saturated carbocycles. The minimum Gasteiger partial charge on any atom is -0.484 e. The van der Waals surface area contributed by atoms with Gasteiger partial charge in [0.25, 0.3) is 5.91 Å². The molecule has 146 valence electrons. The van der Waals surface area contributed by atoms with E-state index in [0.29, 0.717) is 5.92 Å². The number of aromatic amines is 1. The van der Waals surface area contributed by atoms with Gasteiger partial charge < -0.3 is 14.6 Å². The van der Waals surface area contributed by atoms with Gasteiger partial charge in [-0.25, -0.2) is 0 Å². The molecule has 4 heteroatoms. The fraction of sp³-hybridized carbons (Fsp3) is 0.240. The first-order valence-corrected chi connectivity index (χ1v) is 10.2. The zero-order valence-corrected chi connectivity index (χ0v) is 16.3. The summed E-state index contributed by atoms with van der Waals surface area (Å²) >= 11 is 0. The molecule has 1 aliphatic rings. The Morgan fingerprint density at radius 2 is 1.72 bits per heavy atom. The van der Waals surface area contributed by atoms with Crippen LogP contribution < -0.4 is 4.74 Å². The summed E-state index contributed by atoms with van der Waals surface area (Å²) in [6, 6.07) is 22.5. The molecule has 2 heterocycles. The zero-order valence-electron chi connectivity index (χ0n) is 16.3. The molecule has 0 aliphatic carbocycles. The van der Waals surface area contributed by atoms with Crippen molar-refractivity contribution in [3.63, 3.8) is 0 Å². The number of nitrogens with one attached hydrogen (secondary N) is 1. The van der Waals surface area contributed by atoms with Crippen molar-refractivity contribution in [1.82, 2.24) is 9.88 Å². The number of fused-ring (bicyclic) bond motifs is 2. The van der Waals surface area contributed by atoms with Gasteiger partial charge in [-0.2, -0.15) is 0 Å². The number of amides is 1. The predicted octanol–water partition coefficient (Wildman–Crippen LogP) is 5.11. The minimum atomic E-state index is 0.0653. The van der Waals surface area contributed by atoms with Gasteiger partial charge in [-0.15, -0.1) is 0 Å². The second-order valence-corrected chi connectivity index (χ2v) is 7.74. The number of hydrogen-bond donors (Lipinski definition) is 1. The third kappa shape index (κ3) is 3.58. The van der Waals surface area contributed by atoms with E-state index in [-0.39, 0.29) is 12.5 Å². The molecule has 1 aromatic heterocycles. The first-order valence-electron chi connectivity index (χ1n) is 10.2. The van der Waals surface area contributed by atoms with E-state index in [2.05, 4.69) is 47.6 Å². The second-order valence-electron chi connectivity index (χ2n) is 7.74. The Morgan fingerprint density at radius 1 is 0.966 bits per heavy atom. The van der Waals surface area contributed by atoms with Crippen molar-refractivity contribution in [3.8, 4) is 5.75 Å². The molecule has 5 rings (SSSR count). The van der Waals surface area contributed by atoms with Crippen LogP contribution in [0.15, 0.2) is 72.9 Å². The number of carbonyl (C=O) groups excluding carboxylic acids is 1. The molecule has 1 amide bonds. The summed E-state index contributed by atoms with van der Waals surface area (Å²) in [5.41, 5.74) is 2.56. The maximum atomic E-state index is 12.6. The van der Waals surface area contributed by atoms with E-state index < -0.39 is 0 Å². The van der Waals surface area contributed by atoms with E-state index >= 15 is 0 Å². The van der Waals surface area contributed by atoms with Crippen LogP contribution >= 0.6 is 0 Å². The minimum absolute atomic E-state index is 0.0653. The molecule has 0 atom stereocenters. The van der Waals surface area contributed by atoms with Crippen LogP contribution in [0.3, 0.4) is 0 Å². The SMILES string of the molecule is O=C(COc1ccc2ccccc2c1)N1CCC(c2c[nH]c3ccccc23)CC1. The highest BCUT2D eigenvalue weighted by Crippen LogP contribution is 2.33. The average Bonchev–Trinajstić information content (AvgIpc) is 3.21. The highest BCUT2D eigenvalue weighted by Gasteiger charge is 2.25. The molecule has 29 heavy (non-hydrogen) atoms. The molecule has 0 unspecified atom stereocenters. The predicted molar refractivity (Wildman–Crippen MR) is 116 cm³/mol. The van der Waals surface area contributed by atoms with E-state index in [0.717, 1.165) is 37.1 Å². The summed E-state index contributed by atoms with van der Waals surface area (Å²) < 4.78 is 5.79. The van der Waals surface area contributed by atoms with Crippen molar-refractivity contribution >= 4 is 27.6 Å². The molecule has 1 fully saturated rings. The molecule has 0 bridgehead atoms. The van der Waals surface area contributed by atoms with Crippen LogP contribution in [-0.4, -0.2) is 35.5 Å². The lowest BCUT2D eigenvalue weighted by Crippen LogP contribution is -2.40. The summed E-state index contributed by atoms with van der Waals surface area (Å²) in [6.07, 6.45) is 4.11. The van der Waals surface area contributed by atoms with Crippen LogP contribution in [-0.2, 0) is 4.79 Å². The Kier molecular flexibility index (Phi) is 4.68. The summed E-state index contributed by atoms with van der Waals surface area (Å²) in [7, 11) is 0. The van der Waals surface area contributed by atoms with E-state index in [9.17, 15) is 4.79 Å². The lowest BCUT2D eigenvalue weighted by Gasteiger charge is -2.32. The monoisotopic (exact) mass is 384 g/mol. The Labute approximate surface area is 170 Å². The van der Waals surface area contributed by atoms with E-state index in [1.807, 2.05) is 35.2 Å². The maximum Gasteiger partial charge on any atom is 0.260 e. The number of aromatic nitrogens is 1. The van der Waals surface area contributed by atoms with Gasteiger partial charge in [-0.05, 0) is 53.3 Å². The third-order valence-electron chi connectivity index (χ3n) is 5.99. The number of carbonyl (C=O) groups is 1. The molecular weight excluding hydrogens is 360 g/mol. The van der Waals surface area contributed by atoms with Gasteiger partial charge in [0.2, 0.25) is 0 Å². The highest BCUT2D eigenvalue weighted by atomic mass is 16.5. The molecule has 1 saturated heterocycles. The van der Waals surface area contributed by atoms with Crippen molar-refractivity contribution in [2.45, 2.75) is 18.8 Å². The van der Waals surface area contributed by atoms with Gasteiger partial charge in [0, 0.05) is 30.2 Å². The first-order chi connectivity index (χ1) is 14.3. The van der Waals surface area contributed by atoms with E-state index in [1.54, 1.807) is 0 Å². The van der Waals surface area contributed by atoms with Crippen LogP contribution in [0, 0.1) is 0 Å². The molecular formula is C25H24N2O2. The molecule has 1 N–H and O–H groups in total. The lowest BCUT2D eigenvalue weighted by molar-refractivity contribution is -0.134. The standard InChI is InChI=1S/C25H24N2O2/c28-25(17-29-21-10-9-18-5-1-2-6-20(18)15-21)27-13-11-19(12-14-27)23-16-26-24-8-4-3-7-22(23)24/h1-10,15-16,19,26H,11-14,17H2. The molecule has 4 aromatic rings. The third-order valence-corrected chi connectivity index (χ3v) is 5.99. The van der Waals surface area contributed by atoms with Gasteiger partial charge >= 0.3 is 0 Å². The molecule has 4 nitrogen and oxygen atoms in total. The van der Waals surface area contributed by atoms with Crippen LogP contribution in [0.1, 0.15) is 24.3 Å². The summed E-state index contributed by atoms with van der Waals surface area (Å²) in [6.45, 7) is 1.66. The van der Waals surface area contributed by atoms with Crippen molar-refractivity contribution in [3.05, 3.63) is 78.5 Å². The Balaban J connectivity index is 1.19. The number of likely N-dealkylation sites (tertiary alicyclic amines) is 1.